The molecule has 1 saturated heterocycles. The second-order valence-electron chi connectivity index (χ2n) is 8.65. The van der Waals surface area contributed by atoms with Gasteiger partial charge in [-0.2, -0.15) is 0 Å². The molecule has 2 fully saturated rings. The molecule has 0 spiro atoms. The molecule has 7 heteroatoms. The number of H-pyrrole nitrogens is 1. The Balaban J connectivity index is 1.33. The summed E-state index contributed by atoms with van der Waals surface area (Å²) in [6.07, 6.45) is 1.81. The molecule has 1 amide bonds. The second kappa shape index (κ2) is 8.31. The lowest BCUT2D eigenvalue weighted by atomic mass is 9.78. The van der Waals surface area contributed by atoms with Crippen LogP contribution in [0.2, 0.25) is 0 Å². The highest BCUT2D eigenvalue weighted by atomic mass is 16.5. The molecule has 32 heavy (non-hydrogen) atoms. The molecule has 1 aromatic heterocycles. The number of aromatic nitrogens is 1. The number of carbonyl (C=O) groups excluding carboxylic acids is 1. The van der Waals surface area contributed by atoms with Gasteiger partial charge in [0.25, 0.3) is 11.5 Å². The van der Waals surface area contributed by atoms with E-state index in [1.54, 1.807) is 19.2 Å². The van der Waals surface area contributed by atoms with E-state index in [1.165, 1.54) is 6.20 Å². The summed E-state index contributed by atoms with van der Waals surface area (Å²) in [5.41, 5.74) is 0.299. The molecule has 0 radical (unpaired) electrons. The van der Waals surface area contributed by atoms with Crippen molar-refractivity contribution >= 4 is 16.7 Å². The molecule has 0 bridgehead atoms. The van der Waals surface area contributed by atoms with Crippen molar-refractivity contribution in [3.63, 3.8) is 0 Å². The Hall–Kier alpha value is -3.32. The SMILES string of the molecule is COc1ccccc1O[C@@H]1C[C@@H]2CN(C(=O)c3c[nH]c(=O)c4ccccc34)C[C@@H]2C[C@H]1O. The number of methoxy groups -OCH3 is 1. The molecule has 5 rings (SSSR count). The molecule has 7 nitrogen and oxygen atoms in total. The molecule has 2 heterocycles. The van der Waals surface area contributed by atoms with Crippen molar-refractivity contribution in [3.05, 3.63) is 70.6 Å². The van der Waals surface area contributed by atoms with Gasteiger partial charge in [-0.3, -0.25) is 9.59 Å². The number of fused-ring (bicyclic) bond motifs is 2. The number of aromatic amines is 1. The number of benzene rings is 2. The third-order valence-electron chi connectivity index (χ3n) is 6.76. The number of para-hydroxylation sites is 2. The first-order chi connectivity index (χ1) is 15.5. The highest BCUT2D eigenvalue weighted by molar-refractivity contribution is 6.06. The van der Waals surface area contributed by atoms with Gasteiger partial charge in [-0.15, -0.1) is 0 Å². The average molecular weight is 434 g/mol. The first kappa shape index (κ1) is 20.6. The fourth-order valence-electron chi connectivity index (χ4n) is 5.12. The molecule has 0 unspecified atom stereocenters. The van der Waals surface area contributed by atoms with Crippen molar-refractivity contribution in [3.8, 4) is 11.5 Å². The highest BCUT2D eigenvalue weighted by Crippen LogP contribution is 2.39. The van der Waals surface area contributed by atoms with E-state index in [-0.39, 0.29) is 29.4 Å². The molecule has 1 saturated carbocycles. The summed E-state index contributed by atoms with van der Waals surface area (Å²) in [5.74, 6) is 1.62. The predicted molar refractivity (Wildman–Crippen MR) is 120 cm³/mol. The van der Waals surface area contributed by atoms with Gasteiger partial charge < -0.3 is 24.5 Å². The van der Waals surface area contributed by atoms with Gasteiger partial charge in [0.15, 0.2) is 11.5 Å². The molecule has 2 aliphatic rings. The maximum Gasteiger partial charge on any atom is 0.255 e. The smallest absolute Gasteiger partial charge is 0.255 e. The Kier molecular flexibility index (Phi) is 5.35. The minimum absolute atomic E-state index is 0.0939. The second-order valence-corrected chi connectivity index (χ2v) is 8.65. The summed E-state index contributed by atoms with van der Waals surface area (Å²) in [4.78, 5) is 30.0. The Morgan fingerprint density at radius 2 is 1.66 bits per heavy atom. The Morgan fingerprint density at radius 3 is 2.41 bits per heavy atom. The molecule has 2 N–H and O–H groups in total. The Labute approximate surface area is 185 Å². The number of nitrogens with one attached hydrogen (secondary N) is 1. The quantitative estimate of drug-likeness (QED) is 0.659. The predicted octanol–water partition coefficient (Wildman–Crippen LogP) is 2.83. The lowest BCUT2D eigenvalue weighted by Crippen LogP contribution is -2.42. The molecule has 2 aromatic carbocycles. The van der Waals surface area contributed by atoms with Crippen LogP contribution in [-0.4, -0.2) is 53.3 Å². The largest absolute Gasteiger partial charge is 0.493 e. The zero-order valence-corrected chi connectivity index (χ0v) is 17.9. The summed E-state index contributed by atoms with van der Waals surface area (Å²) in [6, 6.07) is 14.6. The summed E-state index contributed by atoms with van der Waals surface area (Å²) in [7, 11) is 1.59. The van der Waals surface area contributed by atoms with Gasteiger partial charge >= 0.3 is 0 Å². The molecule has 4 atom stereocenters. The van der Waals surface area contributed by atoms with Gasteiger partial charge in [0, 0.05) is 30.1 Å². The van der Waals surface area contributed by atoms with E-state index < -0.39 is 6.10 Å². The van der Waals surface area contributed by atoms with E-state index in [4.69, 9.17) is 9.47 Å². The third-order valence-corrected chi connectivity index (χ3v) is 6.76. The number of rotatable bonds is 4. The van der Waals surface area contributed by atoms with Gasteiger partial charge in [-0.25, -0.2) is 0 Å². The van der Waals surface area contributed by atoms with Crippen molar-refractivity contribution < 1.29 is 19.4 Å². The van der Waals surface area contributed by atoms with Gasteiger partial charge in [-0.05, 0) is 42.9 Å². The van der Waals surface area contributed by atoms with E-state index in [1.807, 2.05) is 41.3 Å². The van der Waals surface area contributed by atoms with Gasteiger partial charge in [0.1, 0.15) is 6.10 Å². The summed E-state index contributed by atoms with van der Waals surface area (Å²) >= 11 is 0. The van der Waals surface area contributed by atoms with Crippen LogP contribution in [0.25, 0.3) is 10.8 Å². The number of aliphatic hydroxyl groups is 1. The average Bonchev–Trinajstić information content (AvgIpc) is 3.22. The molecule has 1 aliphatic carbocycles. The van der Waals surface area contributed by atoms with Crippen LogP contribution in [-0.2, 0) is 0 Å². The number of aliphatic hydroxyl groups excluding tert-OH is 1. The molecule has 166 valence electrons. The van der Waals surface area contributed by atoms with Crippen molar-refractivity contribution in [2.45, 2.75) is 25.0 Å². The molecule has 1 aliphatic heterocycles. The topological polar surface area (TPSA) is 91.9 Å². The number of hydrogen-bond acceptors (Lipinski definition) is 5. The van der Waals surface area contributed by atoms with Crippen LogP contribution in [0.5, 0.6) is 11.5 Å². The highest BCUT2D eigenvalue weighted by Gasteiger charge is 2.44. The van der Waals surface area contributed by atoms with Crippen LogP contribution >= 0.6 is 0 Å². The van der Waals surface area contributed by atoms with E-state index >= 15 is 0 Å². The normalized spacial score (nSPS) is 24.9. The fraction of sp³-hybridized carbons (Fsp3) is 0.360. The number of pyridine rings is 1. The molecular formula is C25H26N2O5. The first-order valence-corrected chi connectivity index (χ1v) is 10.9. The zero-order valence-electron chi connectivity index (χ0n) is 17.9. The van der Waals surface area contributed by atoms with Gasteiger partial charge in [0.2, 0.25) is 0 Å². The van der Waals surface area contributed by atoms with Crippen LogP contribution in [0, 0.1) is 11.8 Å². The van der Waals surface area contributed by atoms with Crippen molar-refractivity contribution in [1.82, 2.24) is 9.88 Å². The molecule has 3 aromatic rings. The number of likely N-dealkylation sites (tertiary alicyclic amines) is 1. The number of amides is 1. The maximum absolute atomic E-state index is 13.3. The fourth-order valence-corrected chi connectivity index (χ4v) is 5.12. The summed E-state index contributed by atoms with van der Waals surface area (Å²) in [5, 5.41) is 11.9. The standard InChI is InChI=1S/C25H26N2O5/c1-31-21-8-4-5-9-22(21)32-23-11-16-14-27(13-15(16)10-20(23)28)25(30)19-12-26-24(29)18-7-3-2-6-17(18)19/h2-9,12,15-16,20,23,28H,10-11,13-14H2,1H3,(H,26,29)/t15-,16+,20+,23+/m0/s1. The van der Waals surface area contributed by atoms with E-state index in [0.717, 1.165) is 0 Å². The maximum atomic E-state index is 13.3. The van der Waals surface area contributed by atoms with E-state index in [0.29, 0.717) is 53.8 Å². The Morgan fingerprint density at radius 1 is 1.00 bits per heavy atom. The zero-order chi connectivity index (χ0) is 22.2. The van der Waals surface area contributed by atoms with Crippen LogP contribution < -0.4 is 15.0 Å². The first-order valence-electron chi connectivity index (χ1n) is 10.9. The number of carbonyl (C=O) groups is 1. The minimum Gasteiger partial charge on any atom is -0.493 e. The lowest BCUT2D eigenvalue weighted by Gasteiger charge is -2.35. The monoisotopic (exact) mass is 434 g/mol. The van der Waals surface area contributed by atoms with Crippen molar-refractivity contribution in [1.29, 1.82) is 0 Å². The third kappa shape index (κ3) is 3.62. The lowest BCUT2D eigenvalue weighted by molar-refractivity contribution is -0.0240. The Bertz CT molecular complexity index is 1210. The van der Waals surface area contributed by atoms with Gasteiger partial charge in [0.05, 0.1) is 18.8 Å². The van der Waals surface area contributed by atoms with Crippen molar-refractivity contribution in [2.75, 3.05) is 20.2 Å². The van der Waals surface area contributed by atoms with Crippen molar-refractivity contribution in [2.24, 2.45) is 11.8 Å². The summed E-state index contributed by atoms with van der Waals surface area (Å²) < 4.78 is 11.5. The number of ether oxygens (including phenoxy) is 2. The van der Waals surface area contributed by atoms with Crippen LogP contribution in [0.15, 0.2) is 59.5 Å². The minimum atomic E-state index is -0.606. The van der Waals surface area contributed by atoms with E-state index in [2.05, 4.69) is 4.98 Å². The summed E-state index contributed by atoms with van der Waals surface area (Å²) in [6.45, 7) is 1.20. The number of hydrogen-bond donors (Lipinski definition) is 2. The van der Waals surface area contributed by atoms with Gasteiger partial charge in [-0.1, -0.05) is 30.3 Å². The molecular weight excluding hydrogens is 408 g/mol. The van der Waals surface area contributed by atoms with Crippen LogP contribution in [0.4, 0.5) is 0 Å². The van der Waals surface area contributed by atoms with E-state index in [9.17, 15) is 14.7 Å². The van der Waals surface area contributed by atoms with Crippen LogP contribution in [0.3, 0.4) is 0 Å². The van der Waals surface area contributed by atoms with Crippen LogP contribution in [0.1, 0.15) is 23.2 Å². The number of nitrogens with zero attached hydrogens (tertiary/aromatic N) is 1.